The van der Waals surface area contributed by atoms with Crippen molar-refractivity contribution in [2.75, 3.05) is 39.2 Å². The van der Waals surface area contributed by atoms with Gasteiger partial charge in [0.25, 0.3) is 0 Å². The van der Waals surface area contributed by atoms with Crippen LogP contribution in [0.15, 0.2) is 60.8 Å². The van der Waals surface area contributed by atoms with E-state index in [4.69, 9.17) is 14.2 Å². The van der Waals surface area contributed by atoms with Crippen molar-refractivity contribution in [3.8, 4) is 11.5 Å². The second-order valence-corrected chi connectivity index (χ2v) is 8.37. The number of hydrogen-bond donors (Lipinski definition) is 3. The molecule has 1 atom stereocenters. The number of aromatic nitrogens is 1. The number of halogens is 3. The number of aromatic amines is 1. The first-order chi connectivity index (χ1) is 17.7. The van der Waals surface area contributed by atoms with Crippen LogP contribution in [0.25, 0.3) is 0 Å². The maximum Gasteiger partial charge on any atom is 0.411 e. The Hall–Kier alpha value is -3.70. The zero-order valence-corrected chi connectivity index (χ0v) is 20.5. The number of nitrogens with one attached hydrogen (secondary N) is 2. The van der Waals surface area contributed by atoms with E-state index in [2.05, 4.69) is 10.3 Å². The van der Waals surface area contributed by atoms with E-state index in [0.717, 1.165) is 11.1 Å². The highest BCUT2D eigenvalue weighted by Crippen LogP contribution is 2.20. The van der Waals surface area contributed by atoms with Gasteiger partial charge in [-0.1, -0.05) is 24.3 Å². The lowest BCUT2D eigenvalue weighted by molar-refractivity contribution is -0.185. The predicted molar refractivity (Wildman–Crippen MR) is 132 cm³/mol. The lowest BCUT2D eigenvalue weighted by Gasteiger charge is -2.29. The van der Waals surface area contributed by atoms with Crippen LogP contribution in [0.4, 0.5) is 18.9 Å². The highest BCUT2D eigenvalue weighted by atomic mass is 19.4. The van der Waals surface area contributed by atoms with E-state index in [1.165, 1.54) is 12.3 Å². The Morgan fingerprint density at radius 3 is 1.97 bits per heavy atom. The van der Waals surface area contributed by atoms with Gasteiger partial charge in [-0.3, -0.25) is 4.90 Å². The van der Waals surface area contributed by atoms with Crippen LogP contribution < -0.4 is 14.8 Å². The van der Waals surface area contributed by atoms with E-state index in [9.17, 15) is 23.1 Å². The topological polar surface area (TPSA) is 96.1 Å². The molecule has 11 heteroatoms. The Labute approximate surface area is 213 Å². The molecule has 0 saturated carbocycles. The normalized spacial score (nSPS) is 12.4. The first-order valence-corrected chi connectivity index (χ1v) is 11.5. The van der Waals surface area contributed by atoms with Gasteiger partial charge in [-0.25, -0.2) is 4.79 Å². The van der Waals surface area contributed by atoms with E-state index in [1.54, 1.807) is 14.2 Å². The van der Waals surface area contributed by atoms with Gasteiger partial charge in [0.2, 0.25) is 0 Å². The fourth-order valence-electron chi connectivity index (χ4n) is 3.76. The van der Waals surface area contributed by atoms with Gasteiger partial charge in [-0.05, 0) is 41.5 Å². The summed E-state index contributed by atoms with van der Waals surface area (Å²) in [4.78, 5) is 16.0. The molecule has 3 N–H and O–H groups in total. The largest absolute Gasteiger partial charge is 0.497 e. The van der Waals surface area contributed by atoms with Crippen LogP contribution >= 0.6 is 0 Å². The third-order valence-corrected chi connectivity index (χ3v) is 5.56. The van der Waals surface area contributed by atoms with Gasteiger partial charge in [-0.15, -0.1) is 0 Å². The quantitative estimate of drug-likeness (QED) is 0.281. The van der Waals surface area contributed by atoms with E-state index in [1.807, 2.05) is 53.4 Å². The summed E-state index contributed by atoms with van der Waals surface area (Å²) in [7, 11) is 3.14. The molecule has 0 radical (unpaired) electrons. The number of H-pyrrole nitrogens is 1. The molecule has 2 aromatic carbocycles. The average Bonchev–Trinajstić information content (AvgIpc) is 3.35. The second kappa shape index (κ2) is 13.0. The smallest absolute Gasteiger partial charge is 0.411 e. The summed E-state index contributed by atoms with van der Waals surface area (Å²) in [6.07, 6.45) is -3.96. The third-order valence-electron chi connectivity index (χ3n) is 5.56. The van der Waals surface area contributed by atoms with Crippen LogP contribution in [-0.2, 0) is 17.8 Å². The number of carboxylic acid groups (broad SMARTS) is 1. The molecule has 1 heterocycles. The molecule has 1 aromatic heterocycles. The molecule has 1 unspecified atom stereocenters. The number of benzene rings is 2. The zero-order valence-electron chi connectivity index (χ0n) is 20.5. The molecule has 200 valence electrons. The Morgan fingerprint density at radius 1 is 0.973 bits per heavy atom. The number of hydrogen-bond acceptors (Lipinski definition) is 6. The molecular weight excluding hydrogens is 491 g/mol. The van der Waals surface area contributed by atoms with E-state index >= 15 is 0 Å². The lowest BCUT2D eigenvalue weighted by Crippen LogP contribution is -2.39. The van der Waals surface area contributed by atoms with Gasteiger partial charge in [0.05, 0.1) is 26.0 Å². The maximum absolute atomic E-state index is 13.0. The summed E-state index contributed by atoms with van der Waals surface area (Å²) in [6, 6.07) is 16.4. The zero-order chi connectivity index (χ0) is 26.8. The summed E-state index contributed by atoms with van der Waals surface area (Å²) < 4.78 is 54.7. The van der Waals surface area contributed by atoms with Gasteiger partial charge in [-0.2, -0.15) is 13.2 Å². The van der Waals surface area contributed by atoms with Crippen molar-refractivity contribution in [2.45, 2.75) is 25.4 Å². The van der Waals surface area contributed by atoms with Crippen molar-refractivity contribution in [3.63, 3.8) is 0 Å². The predicted octanol–water partition coefficient (Wildman–Crippen LogP) is 4.79. The minimum Gasteiger partial charge on any atom is -0.497 e. The van der Waals surface area contributed by atoms with Crippen LogP contribution in [0.2, 0.25) is 0 Å². The SMILES string of the molecule is COc1ccc(CN(Cc2ccc(OC)cc2)CC(CNc2cc[nH]c2C(=O)O)OCC(F)(F)F)cc1. The van der Waals surface area contributed by atoms with E-state index in [-0.39, 0.29) is 24.5 Å². The van der Waals surface area contributed by atoms with Crippen LogP contribution in [0.1, 0.15) is 21.6 Å². The van der Waals surface area contributed by atoms with E-state index < -0.39 is 24.9 Å². The number of alkyl halides is 3. The van der Waals surface area contributed by atoms with Crippen LogP contribution in [0, 0.1) is 0 Å². The number of anilines is 1. The van der Waals surface area contributed by atoms with Crippen molar-refractivity contribution in [1.29, 1.82) is 0 Å². The average molecular weight is 522 g/mol. The third kappa shape index (κ3) is 9.03. The van der Waals surface area contributed by atoms with Gasteiger partial charge in [0.15, 0.2) is 0 Å². The van der Waals surface area contributed by atoms with Crippen molar-refractivity contribution in [2.24, 2.45) is 0 Å². The molecule has 0 aliphatic heterocycles. The van der Waals surface area contributed by atoms with E-state index in [0.29, 0.717) is 24.6 Å². The fourth-order valence-corrected chi connectivity index (χ4v) is 3.76. The molecule has 8 nitrogen and oxygen atoms in total. The monoisotopic (exact) mass is 521 g/mol. The molecule has 0 aliphatic carbocycles. The first kappa shape index (κ1) is 27.9. The number of rotatable bonds is 14. The lowest BCUT2D eigenvalue weighted by atomic mass is 10.1. The number of carbonyl (C=O) groups is 1. The van der Waals surface area contributed by atoms with Gasteiger partial charge in [0.1, 0.15) is 23.8 Å². The van der Waals surface area contributed by atoms with Gasteiger partial charge >= 0.3 is 12.1 Å². The standard InChI is InChI=1S/C26H30F3N3O5/c1-35-20-7-3-18(4-8-20)14-32(15-19-5-9-21(36-2)10-6-19)16-22(37-17-26(27,28)29)13-31-23-11-12-30-24(23)25(33)34/h3-12,22,30-31H,13-17H2,1-2H3,(H,33,34). The maximum atomic E-state index is 13.0. The van der Waals surface area contributed by atoms with Crippen LogP contribution in [0.3, 0.4) is 0 Å². The molecule has 3 aromatic rings. The Balaban J connectivity index is 1.79. The highest BCUT2D eigenvalue weighted by molar-refractivity contribution is 5.92. The Morgan fingerprint density at radius 2 is 1.51 bits per heavy atom. The first-order valence-electron chi connectivity index (χ1n) is 11.5. The summed E-state index contributed by atoms with van der Waals surface area (Å²) in [6.45, 7) is -0.431. The number of aromatic carboxylic acids is 1. The van der Waals surface area contributed by atoms with Crippen molar-refractivity contribution in [3.05, 3.63) is 77.6 Å². The van der Waals surface area contributed by atoms with Crippen LogP contribution in [-0.4, -0.2) is 67.2 Å². The Bertz CT molecular complexity index is 1070. The molecule has 0 aliphatic rings. The van der Waals surface area contributed by atoms with Crippen molar-refractivity contribution >= 4 is 11.7 Å². The molecule has 0 amide bonds. The fraction of sp³-hybridized carbons (Fsp3) is 0.346. The number of carboxylic acids is 1. The molecule has 0 fully saturated rings. The molecule has 0 saturated heterocycles. The molecule has 37 heavy (non-hydrogen) atoms. The minimum absolute atomic E-state index is 0.0318. The summed E-state index contributed by atoms with van der Waals surface area (Å²) in [5.74, 6) is 0.212. The molecule has 3 rings (SSSR count). The number of ether oxygens (including phenoxy) is 3. The van der Waals surface area contributed by atoms with Crippen molar-refractivity contribution < 1.29 is 37.3 Å². The van der Waals surface area contributed by atoms with Gasteiger partial charge < -0.3 is 29.6 Å². The molecule has 0 bridgehead atoms. The Kier molecular flexibility index (Phi) is 9.81. The number of methoxy groups -OCH3 is 2. The summed E-state index contributed by atoms with van der Waals surface area (Å²) >= 11 is 0. The van der Waals surface area contributed by atoms with Crippen molar-refractivity contribution in [1.82, 2.24) is 9.88 Å². The summed E-state index contributed by atoms with van der Waals surface area (Å²) in [5.41, 5.74) is 2.07. The highest BCUT2D eigenvalue weighted by Gasteiger charge is 2.30. The van der Waals surface area contributed by atoms with Gasteiger partial charge in [0, 0.05) is 32.4 Å². The molecular formula is C26H30F3N3O5. The molecule has 0 spiro atoms. The summed E-state index contributed by atoms with van der Waals surface area (Å²) in [5, 5.41) is 12.2. The number of nitrogens with zero attached hydrogens (tertiary/aromatic N) is 1. The van der Waals surface area contributed by atoms with Crippen LogP contribution in [0.5, 0.6) is 11.5 Å². The minimum atomic E-state index is -4.50. The second-order valence-electron chi connectivity index (χ2n) is 8.37.